The summed E-state index contributed by atoms with van der Waals surface area (Å²) < 4.78 is 7.05. The Morgan fingerprint density at radius 3 is 3.08 bits per heavy atom. The van der Waals surface area contributed by atoms with E-state index in [9.17, 15) is 5.26 Å². The third-order valence-corrected chi connectivity index (χ3v) is 7.03. The maximum atomic E-state index is 9.59. The number of pyridine rings is 1. The van der Waals surface area contributed by atoms with Gasteiger partial charge in [-0.15, -0.1) is 24.4 Å². The van der Waals surface area contributed by atoms with Gasteiger partial charge in [-0.05, 0) is 25.1 Å². The maximum Gasteiger partial charge on any atom is 0.165 e. The summed E-state index contributed by atoms with van der Waals surface area (Å²) in [6.07, 6.45) is 9.16. The molecule has 0 spiro atoms. The number of nitrogens with zero attached hydrogens (tertiary/aromatic N) is 3. The van der Waals surface area contributed by atoms with Crippen LogP contribution in [0.2, 0.25) is 0 Å². The number of aliphatic imine (C=N–C) groups is 1. The predicted octanol–water partition coefficient (Wildman–Crippen LogP) is 4.02. The first-order valence-corrected chi connectivity index (χ1v) is 9.54. The molecule has 0 saturated carbocycles. The standard InChI is InChI=1S/C17H13N3OS3/c1-17(22)5-4-13-12(9-20-17)14-15(21-13)24-16(23-14)11(7-18)10-3-2-6-19-8-10/h2-6,8-9,14-15,22H,1H3/b16-11-. The minimum absolute atomic E-state index is 0.0320. The highest BCUT2D eigenvalue weighted by Gasteiger charge is 2.44. The van der Waals surface area contributed by atoms with Gasteiger partial charge in [0.2, 0.25) is 0 Å². The molecule has 4 heterocycles. The fourth-order valence-corrected chi connectivity index (χ4v) is 5.78. The molecule has 120 valence electrons. The first-order chi connectivity index (χ1) is 11.6. The number of nitriles is 1. The van der Waals surface area contributed by atoms with Gasteiger partial charge in [0.25, 0.3) is 0 Å². The maximum absolute atomic E-state index is 9.59. The lowest BCUT2D eigenvalue weighted by atomic mass is 10.1. The summed E-state index contributed by atoms with van der Waals surface area (Å²) in [6.45, 7) is 1.93. The Labute approximate surface area is 154 Å². The topological polar surface area (TPSA) is 58.3 Å². The van der Waals surface area contributed by atoms with Crippen LogP contribution in [0.5, 0.6) is 0 Å². The van der Waals surface area contributed by atoms with E-state index in [-0.39, 0.29) is 10.7 Å². The Kier molecular flexibility index (Phi) is 3.99. The summed E-state index contributed by atoms with van der Waals surface area (Å²) in [5, 5.41) is 9.72. The largest absolute Gasteiger partial charge is 0.477 e. The van der Waals surface area contributed by atoms with Crippen LogP contribution in [0, 0.1) is 11.3 Å². The van der Waals surface area contributed by atoms with Crippen molar-refractivity contribution in [1.82, 2.24) is 4.98 Å². The molecule has 1 aromatic rings. The highest BCUT2D eigenvalue weighted by molar-refractivity contribution is 8.26. The number of fused-ring (bicyclic) bond motifs is 2. The van der Waals surface area contributed by atoms with Gasteiger partial charge in [0.15, 0.2) is 5.44 Å². The minimum atomic E-state index is -0.522. The Balaban J connectivity index is 1.67. The highest BCUT2D eigenvalue weighted by Crippen LogP contribution is 2.56. The zero-order chi connectivity index (χ0) is 16.7. The van der Waals surface area contributed by atoms with Crippen molar-refractivity contribution in [3.8, 4) is 6.07 Å². The molecular weight excluding hydrogens is 358 g/mol. The Morgan fingerprint density at radius 1 is 1.46 bits per heavy atom. The van der Waals surface area contributed by atoms with Crippen LogP contribution in [0.1, 0.15) is 12.5 Å². The monoisotopic (exact) mass is 371 g/mol. The summed E-state index contributed by atoms with van der Waals surface area (Å²) in [7, 11) is 0. The van der Waals surface area contributed by atoms with Gasteiger partial charge in [-0.1, -0.05) is 17.8 Å². The van der Waals surface area contributed by atoms with Crippen molar-refractivity contribution in [2.75, 3.05) is 0 Å². The fraction of sp³-hybridized carbons (Fsp3) is 0.235. The van der Waals surface area contributed by atoms with Crippen LogP contribution in [0.25, 0.3) is 5.57 Å². The summed E-state index contributed by atoms with van der Waals surface area (Å²) >= 11 is 7.76. The average molecular weight is 372 g/mol. The summed E-state index contributed by atoms with van der Waals surface area (Å²) in [4.78, 5) is 8.09. The second-order valence-corrected chi connectivity index (χ2v) is 9.09. The molecular formula is C17H13N3OS3. The lowest BCUT2D eigenvalue weighted by Gasteiger charge is -2.13. The number of hydrogen-bond donors (Lipinski definition) is 1. The number of hydrogen-bond acceptors (Lipinski definition) is 7. The smallest absolute Gasteiger partial charge is 0.165 e. The summed E-state index contributed by atoms with van der Waals surface area (Å²) in [5.41, 5.74) is 2.51. The van der Waals surface area contributed by atoms with Crippen LogP contribution in [0.3, 0.4) is 0 Å². The van der Waals surface area contributed by atoms with Crippen LogP contribution in [0.4, 0.5) is 0 Å². The molecule has 24 heavy (non-hydrogen) atoms. The second kappa shape index (κ2) is 6.03. The number of ether oxygens (including phenoxy) is 1. The molecule has 1 aromatic heterocycles. The van der Waals surface area contributed by atoms with E-state index in [0.717, 1.165) is 21.1 Å². The van der Waals surface area contributed by atoms with Crippen LogP contribution >= 0.6 is 36.2 Å². The molecule has 3 aliphatic heterocycles. The molecule has 3 atom stereocenters. The van der Waals surface area contributed by atoms with Gasteiger partial charge >= 0.3 is 0 Å². The lowest BCUT2D eigenvalue weighted by molar-refractivity contribution is 0.232. The van der Waals surface area contributed by atoms with E-state index < -0.39 is 4.87 Å². The molecule has 0 aliphatic carbocycles. The van der Waals surface area contributed by atoms with Gasteiger partial charge in [0, 0.05) is 29.7 Å². The molecule has 0 amide bonds. The third-order valence-electron chi connectivity index (χ3n) is 3.82. The van der Waals surface area contributed by atoms with Crippen LogP contribution in [-0.4, -0.2) is 26.8 Å². The molecule has 0 radical (unpaired) electrons. The Hall–Kier alpha value is -1.62. The number of thioether (sulfide) groups is 2. The van der Waals surface area contributed by atoms with E-state index in [1.807, 2.05) is 37.4 Å². The number of aromatic nitrogens is 1. The number of thiol groups is 1. The molecule has 3 unspecified atom stereocenters. The van der Waals surface area contributed by atoms with Gasteiger partial charge in [-0.2, -0.15) is 5.26 Å². The Morgan fingerprint density at radius 2 is 2.33 bits per heavy atom. The molecule has 0 bridgehead atoms. The molecule has 3 aliphatic rings. The zero-order valence-corrected chi connectivity index (χ0v) is 15.2. The van der Waals surface area contributed by atoms with Crippen molar-refractivity contribution >= 4 is 47.9 Å². The van der Waals surface area contributed by atoms with E-state index in [1.165, 1.54) is 0 Å². The van der Waals surface area contributed by atoms with Crippen molar-refractivity contribution in [2.24, 2.45) is 4.99 Å². The van der Waals surface area contributed by atoms with Crippen molar-refractivity contribution in [3.63, 3.8) is 0 Å². The first-order valence-electron chi connectivity index (χ1n) is 7.33. The van der Waals surface area contributed by atoms with E-state index in [0.29, 0.717) is 5.57 Å². The summed E-state index contributed by atoms with van der Waals surface area (Å²) in [5.74, 6) is 0.852. The first kappa shape index (κ1) is 15.9. The quantitative estimate of drug-likeness (QED) is 0.597. The van der Waals surface area contributed by atoms with E-state index in [4.69, 9.17) is 4.74 Å². The van der Waals surface area contributed by atoms with Crippen LogP contribution in [0.15, 0.2) is 57.2 Å². The van der Waals surface area contributed by atoms with Gasteiger partial charge in [-0.25, -0.2) is 0 Å². The average Bonchev–Trinajstić information content (AvgIpc) is 3.06. The van der Waals surface area contributed by atoms with Crippen LogP contribution in [-0.2, 0) is 4.74 Å². The van der Waals surface area contributed by atoms with Gasteiger partial charge in [0.1, 0.15) is 16.7 Å². The fourth-order valence-electron chi connectivity index (χ4n) is 2.60. The van der Waals surface area contributed by atoms with Gasteiger partial charge in [-0.3, -0.25) is 9.98 Å². The molecule has 4 rings (SSSR count). The number of allylic oxidation sites excluding steroid dienone is 2. The van der Waals surface area contributed by atoms with Crippen LogP contribution < -0.4 is 0 Å². The van der Waals surface area contributed by atoms with Crippen molar-refractivity contribution in [3.05, 3.63) is 57.8 Å². The molecule has 0 N–H and O–H groups in total. The predicted molar refractivity (Wildman–Crippen MR) is 103 cm³/mol. The highest BCUT2D eigenvalue weighted by atomic mass is 32.2. The van der Waals surface area contributed by atoms with Gasteiger partial charge < -0.3 is 4.74 Å². The zero-order valence-electron chi connectivity index (χ0n) is 12.7. The normalized spacial score (nSPS) is 32.7. The summed E-state index contributed by atoms with van der Waals surface area (Å²) in [6, 6.07) is 6.06. The molecule has 1 saturated heterocycles. The van der Waals surface area contributed by atoms with Gasteiger partial charge in [0.05, 0.1) is 15.1 Å². The molecule has 4 nitrogen and oxygen atoms in total. The van der Waals surface area contributed by atoms with Crippen molar-refractivity contribution in [2.45, 2.75) is 22.5 Å². The minimum Gasteiger partial charge on any atom is -0.477 e. The molecule has 0 aromatic carbocycles. The Bertz CT molecular complexity index is 850. The van der Waals surface area contributed by atoms with Crippen molar-refractivity contribution in [1.29, 1.82) is 5.26 Å². The van der Waals surface area contributed by atoms with E-state index in [1.54, 1.807) is 35.9 Å². The molecule has 1 fully saturated rings. The number of rotatable bonds is 1. The van der Waals surface area contributed by atoms with Crippen molar-refractivity contribution < 1.29 is 4.74 Å². The second-order valence-electron chi connectivity index (χ2n) is 5.66. The third kappa shape index (κ3) is 2.79. The van der Waals surface area contributed by atoms with E-state index >= 15 is 0 Å². The molecule has 7 heteroatoms. The SMILES string of the molecule is CC1(S)C=CC2=C(C=N1)C1S/C(=C(\C#N)c3cccnc3)SC1O2. The van der Waals surface area contributed by atoms with E-state index in [2.05, 4.69) is 28.7 Å². The lowest BCUT2D eigenvalue weighted by Crippen LogP contribution is -2.14.